The summed E-state index contributed by atoms with van der Waals surface area (Å²) in [5.41, 5.74) is 0.962. The van der Waals surface area contributed by atoms with Crippen LogP contribution in [0.2, 0.25) is 10.0 Å². The molecule has 0 radical (unpaired) electrons. The van der Waals surface area contributed by atoms with Gasteiger partial charge in [-0.1, -0.05) is 29.3 Å². The molecule has 1 saturated heterocycles. The van der Waals surface area contributed by atoms with Crippen LogP contribution >= 0.6 is 35.6 Å². The van der Waals surface area contributed by atoms with Crippen molar-refractivity contribution in [1.29, 1.82) is 0 Å². The first kappa shape index (κ1) is 19.5. The van der Waals surface area contributed by atoms with Crippen LogP contribution in [0.4, 0.5) is 0 Å². The molecule has 1 aliphatic rings. The topological polar surface area (TPSA) is 41.6 Å². The fourth-order valence-electron chi connectivity index (χ4n) is 2.41. The third kappa shape index (κ3) is 4.74. The number of carbonyl (C=O) groups is 1. The summed E-state index contributed by atoms with van der Waals surface area (Å²) in [5.74, 6) is 0.0516. The predicted molar refractivity (Wildman–Crippen MR) is 92.0 cm³/mol. The predicted octanol–water partition coefficient (Wildman–Crippen LogP) is 3.14. The highest BCUT2D eigenvalue weighted by atomic mass is 35.5. The molecule has 0 spiro atoms. The highest BCUT2D eigenvalue weighted by Crippen LogP contribution is 2.23. The van der Waals surface area contributed by atoms with Crippen LogP contribution in [0.25, 0.3) is 0 Å². The van der Waals surface area contributed by atoms with Crippen molar-refractivity contribution < 1.29 is 9.53 Å². The number of amides is 1. The van der Waals surface area contributed by atoms with Gasteiger partial charge in [-0.3, -0.25) is 4.79 Å². The maximum atomic E-state index is 12.6. The van der Waals surface area contributed by atoms with E-state index < -0.39 is 0 Å². The molecule has 1 aromatic rings. The van der Waals surface area contributed by atoms with Crippen LogP contribution in [0.5, 0.6) is 0 Å². The molecule has 2 atom stereocenters. The Labute approximate surface area is 147 Å². The van der Waals surface area contributed by atoms with E-state index >= 15 is 0 Å². The molecule has 1 heterocycles. The third-order valence-electron chi connectivity index (χ3n) is 3.63. The zero-order chi connectivity index (χ0) is 15.4. The molecule has 22 heavy (non-hydrogen) atoms. The van der Waals surface area contributed by atoms with Crippen LogP contribution in [-0.2, 0) is 16.1 Å². The molecule has 1 amide bonds. The van der Waals surface area contributed by atoms with Crippen molar-refractivity contribution >= 4 is 41.5 Å². The summed E-state index contributed by atoms with van der Waals surface area (Å²) in [7, 11) is 0. The first-order valence-electron chi connectivity index (χ1n) is 7.10. The summed E-state index contributed by atoms with van der Waals surface area (Å²) in [6.07, 6.45) is -0.117. The van der Waals surface area contributed by atoms with Gasteiger partial charge in [-0.15, -0.1) is 12.4 Å². The molecule has 0 aliphatic carbocycles. The van der Waals surface area contributed by atoms with Gasteiger partial charge >= 0.3 is 0 Å². The van der Waals surface area contributed by atoms with Gasteiger partial charge in [-0.2, -0.15) is 0 Å². The molecule has 124 valence electrons. The number of benzene rings is 1. The first-order valence-corrected chi connectivity index (χ1v) is 7.86. The molecule has 0 saturated carbocycles. The Hall–Kier alpha value is -0.520. The van der Waals surface area contributed by atoms with Crippen molar-refractivity contribution in [3.05, 3.63) is 33.8 Å². The Bertz CT molecular complexity index is 514. The molecule has 7 heteroatoms. The van der Waals surface area contributed by atoms with Gasteiger partial charge in [-0.25, -0.2) is 0 Å². The maximum Gasteiger partial charge on any atom is 0.242 e. The van der Waals surface area contributed by atoms with E-state index in [2.05, 4.69) is 5.32 Å². The molecular weight excluding hydrogens is 347 g/mol. The number of carbonyl (C=O) groups excluding carboxylic acids is 1. The van der Waals surface area contributed by atoms with Crippen molar-refractivity contribution in [2.24, 2.45) is 0 Å². The number of nitrogens with zero attached hydrogens (tertiary/aromatic N) is 1. The lowest BCUT2D eigenvalue weighted by Gasteiger charge is -2.33. The van der Waals surface area contributed by atoms with Crippen LogP contribution in [-0.4, -0.2) is 42.6 Å². The van der Waals surface area contributed by atoms with E-state index in [4.69, 9.17) is 27.9 Å². The van der Waals surface area contributed by atoms with Gasteiger partial charge in [-0.05, 0) is 31.5 Å². The van der Waals surface area contributed by atoms with Gasteiger partial charge < -0.3 is 15.0 Å². The van der Waals surface area contributed by atoms with Crippen molar-refractivity contribution in [1.82, 2.24) is 10.2 Å². The smallest absolute Gasteiger partial charge is 0.242 e. The molecule has 1 fully saturated rings. The molecule has 1 N–H and O–H groups in total. The molecule has 1 aromatic carbocycles. The van der Waals surface area contributed by atoms with E-state index in [0.717, 1.165) is 5.56 Å². The molecular formula is C15H21Cl3N2O2. The number of likely N-dealkylation sites (N-methyl/N-ethyl adjacent to an activating group) is 1. The van der Waals surface area contributed by atoms with E-state index in [1.54, 1.807) is 17.0 Å². The normalized spacial score (nSPS) is 21.1. The van der Waals surface area contributed by atoms with E-state index in [-0.39, 0.29) is 30.5 Å². The average molecular weight is 368 g/mol. The summed E-state index contributed by atoms with van der Waals surface area (Å²) in [5, 5.41) is 4.25. The van der Waals surface area contributed by atoms with E-state index in [9.17, 15) is 4.79 Å². The van der Waals surface area contributed by atoms with Gasteiger partial charge in [0.25, 0.3) is 0 Å². The second-order valence-corrected chi connectivity index (χ2v) is 5.92. The SMILES string of the molecule is CCN(Cc1ccc(Cl)c(Cl)c1)C(=O)[C@H]1NCCO[C@@H]1C.Cl. The first-order chi connectivity index (χ1) is 10.0. The minimum Gasteiger partial charge on any atom is -0.375 e. The fraction of sp³-hybridized carbons (Fsp3) is 0.533. The standard InChI is InChI=1S/C15H20Cl2N2O2.ClH/c1-3-19(9-11-4-5-12(16)13(17)8-11)15(20)14-10(2)21-7-6-18-14;/h4-5,8,10,14,18H,3,6-7,9H2,1-2H3;1H/t10-,14+;/m1./s1. The van der Waals surface area contributed by atoms with Crippen LogP contribution in [0.3, 0.4) is 0 Å². The zero-order valence-corrected chi connectivity index (χ0v) is 15.0. The largest absolute Gasteiger partial charge is 0.375 e. The Balaban J connectivity index is 0.00000242. The summed E-state index contributed by atoms with van der Waals surface area (Å²) in [6.45, 7) is 6.36. The minimum absolute atomic E-state index is 0. The van der Waals surface area contributed by atoms with E-state index in [0.29, 0.717) is 36.3 Å². The number of hydrogen-bond donors (Lipinski definition) is 1. The molecule has 0 unspecified atom stereocenters. The van der Waals surface area contributed by atoms with Crippen molar-refractivity contribution in [3.8, 4) is 0 Å². The second-order valence-electron chi connectivity index (χ2n) is 5.11. The molecule has 1 aliphatic heterocycles. The number of ether oxygens (including phenoxy) is 1. The number of morpholine rings is 1. The zero-order valence-electron chi connectivity index (χ0n) is 12.6. The number of nitrogens with one attached hydrogen (secondary N) is 1. The Morgan fingerprint density at radius 3 is 2.73 bits per heavy atom. The highest BCUT2D eigenvalue weighted by Gasteiger charge is 2.31. The summed E-state index contributed by atoms with van der Waals surface area (Å²) < 4.78 is 5.54. The molecule has 0 aromatic heterocycles. The number of hydrogen-bond acceptors (Lipinski definition) is 3. The van der Waals surface area contributed by atoms with Crippen LogP contribution in [0.1, 0.15) is 19.4 Å². The van der Waals surface area contributed by atoms with Gasteiger partial charge in [0.05, 0.1) is 22.8 Å². The van der Waals surface area contributed by atoms with E-state index in [1.165, 1.54) is 0 Å². The highest BCUT2D eigenvalue weighted by molar-refractivity contribution is 6.42. The van der Waals surface area contributed by atoms with Gasteiger partial charge in [0.1, 0.15) is 6.04 Å². The lowest BCUT2D eigenvalue weighted by Crippen LogP contribution is -2.56. The second kappa shape index (κ2) is 8.94. The average Bonchev–Trinajstić information content (AvgIpc) is 2.48. The van der Waals surface area contributed by atoms with Crippen molar-refractivity contribution in [2.45, 2.75) is 32.5 Å². The minimum atomic E-state index is -0.290. The Kier molecular flexibility index (Phi) is 7.94. The lowest BCUT2D eigenvalue weighted by molar-refractivity contribution is -0.139. The van der Waals surface area contributed by atoms with Crippen LogP contribution in [0.15, 0.2) is 18.2 Å². The lowest BCUT2D eigenvalue weighted by atomic mass is 10.1. The van der Waals surface area contributed by atoms with Crippen molar-refractivity contribution in [2.75, 3.05) is 19.7 Å². The van der Waals surface area contributed by atoms with Crippen molar-refractivity contribution in [3.63, 3.8) is 0 Å². The monoisotopic (exact) mass is 366 g/mol. The fourth-order valence-corrected chi connectivity index (χ4v) is 2.73. The summed E-state index contributed by atoms with van der Waals surface area (Å²) in [6, 6.07) is 5.15. The summed E-state index contributed by atoms with van der Waals surface area (Å²) in [4.78, 5) is 14.4. The maximum absolute atomic E-state index is 12.6. The van der Waals surface area contributed by atoms with Gasteiger partial charge in [0.15, 0.2) is 0 Å². The molecule has 2 rings (SSSR count). The molecule has 0 bridgehead atoms. The Morgan fingerprint density at radius 2 is 2.14 bits per heavy atom. The van der Waals surface area contributed by atoms with Gasteiger partial charge in [0.2, 0.25) is 5.91 Å². The Morgan fingerprint density at radius 1 is 1.41 bits per heavy atom. The number of halogens is 3. The van der Waals surface area contributed by atoms with Crippen LogP contribution in [0, 0.1) is 0 Å². The summed E-state index contributed by atoms with van der Waals surface area (Å²) >= 11 is 11.9. The van der Waals surface area contributed by atoms with Gasteiger partial charge in [0, 0.05) is 19.6 Å². The van der Waals surface area contributed by atoms with Crippen LogP contribution < -0.4 is 5.32 Å². The third-order valence-corrected chi connectivity index (χ3v) is 4.37. The van der Waals surface area contributed by atoms with E-state index in [1.807, 2.05) is 19.9 Å². The quantitative estimate of drug-likeness (QED) is 0.889. The number of rotatable bonds is 4. The molecule has 4 nitrogen and oxygen atoms in total.